The molecule has 0 spiro atoms. The summed E-state index contributed by atoms with van der Waals surface area (Å²) in [4.78, 5) is 12.6. The molecule has 1 atom stereocenters. The van der Waals surface area contributed by atoms with E-state index in [-0.39, 0.29) is 23.4 Å². The molecule has 168 valence electrons. The Balaban J connectivity index is 1.28. The molecular weight excluding hydrogens is 409 g/mol. The molecule has 2 N–H and O–H groups in total. The summed E-state index contributed by atoms with van der Waals surface area (Å²) < 4.78 is 22.7. The second-order valence-corrected chi connectivity index (χ2v) is 8.90. The van der Waals surface area contributed by atoms with Crippen molar-refractivity contribution in [2.45, 2.75) is 44.9 Å². The molecule has 2 heterocycles. The zero-order chi connectivity index (χ0) is 22.1. The molecule has 5 rings (SSSR count). The highest BCUT2D eigenvalue weighted by molar-refractivity contribution is 5.64. The average Bonchev–Trinajstić information content (AvgIpc) is 3.40. The van der Waals surface area contributed by atoms with Crippen molar-refractivity contribution in [2.24, 2.45) is 5.92 Å². The number of halogens is 1. The maximum absolute atomic E-state index is 14.3. The normalized spacial score (nSPS) is 18.3. The van der Waals surface area contributed by atoms with E-state index >= 15 is 0 Å². The van der Waals surface area contributed by atoms with Crippen LogP contribution < -0.4 is 11.0 Å². The largest absolute Gasteiger partial charge is 0.493 e. The van der Waals surface area contributed by atoms with Crippen LogP contribution in [0.15, 0.2) is 53.5 Å². The molecule has 2 aromatic carbocycles. The van der Waals surface area contributed by atoms with Crippen molar-refractivity contribution in [1.29, 1.82) is 0 Å². The van der Waals surface area contributed by atoms with Crippen LogP contribution in [0.25, 0.3) is 11.1 Å². The van der Waals surface area contributed by atoms with Crippen LogP contribution >= 0.6 is 0 Å². The van der Waals surface area contributed by atoms with Crippen molar-refractivity contribution in [1.82, 2.24) is 14.5 Å². The van der Waals surface area contributed by atoms with Crippen molar-refractivity contribution >= 4 is 0 Å². The second kappa shape index (κ2) is 8.92. The molecule has 32 heavy (non-hydrogen) atoms. The predicted molar refractivity (Wildman–Crippen MR) is 120 cm³/mol. The van der Waals surface area contributed by atoms with Crippen LogP contribution in [0.5, 0.6) is 5.88 Å². The number of hydrogen-bond donors (Lipinski definition) is 2. The van der Waals surface area contributed by atoms with Gasteiger partial charge in [-0.1, -0.05) is 30.3 Å². The summed E-state index contributed by atoms with van der Waals surface area (Å²) in [5.74, 6) is 0.317. The quantitative estimate of drug-likeness (QED) is 0.566. The number of aromatic nitrogens is 2. The Morgan fingerprint density at radius 1 is 1.09 bits per heavy atom. The molecular formula is C25H28FN3O3. The lowest BCUT2D eigenvalue weighted by Gasteiger charge is -2.12. The smallest absolute Gasteiger partial charge is 0.331 e. The molecule has 3 aromatic rings. The van der Waals surface area contributed by atoms with Crippen LogP contribution in [-0.2, 0) is 24.4 Å². The summed E-state index contributed by atoms with van der Waals surface area (Å²) in [6.45, 7) is 2.88. The first-order valence-electron chi connectivity index (χ1n) is 11.2. The molecule has 1 unspecified atom stereocenters. The van der Waals surface area contributed by atoms with Crippen LogP contribution in [0.1, 0.15) is 30.4 Å². The standard InChI is InChI=1S/C25H28FN3O3/c26-23-8-7-20(11-21(23)12-27-22-9-10-32-16-22)19-5-3-17(4-6-19)13-28-15-24(30)29(25(28)31)14-18-1-2-18/h3-8,11,15,18,22,27,30H,1-2,9-10,12-14,16H2. The highest BCUT2D eigenvalue weighted by Crippen LogP contribution is 2.31. The van der Waals surface area contributed by atoms with E-state index in [2.05, 4.69) is 5.32 Å². The topological polar surface area (TPSA) is 68.4 Å². The Hall–Kier alpha value is -2.90. The molecule has 2 fully saturated rings. The molecule has 7 heteroatoms. The van der Waals surface area contributed by atoms with Gasteiger partial charge in [0.25, 0.3) is 0 Å². The van der Waals surface area contributed by atoms with Crippen molar-refractivity contribution in [3.8, 4) is 17.0 Å². The van der Waals surface area contributed by atoms with Crippen LogP contribution in [0, 0.1) is 11.7 Å². The fourth-order valence-electron chi connectivity index (χ4n) is 4.20. The van der Waals surface area contributed by atoms with Crippen LogP contribution in [-0.4, -0.2) is 33.5 Å². The van der Waals surface area contributed by atoms with E-state index in [9.17, 15) is 14.3 Å². The summed E-state index contributed by atoms with van der Waals surface area (Å²) >= 11 is 0. The summed E-state index contributed by atoms with van der Waals surface area (Å²) in [6.07, 6.45) is 4.70. The van der Waals surface area contributed by atoms with Gasteiger partial charge in [0, 0.05) is 31.3 Å². The molecule has 2 aliphatic rings. The lowest BCUT2D eigenvalue weighted by atomic mass is 10.0. The molecule has 6 nitrogen and oxygen atoms in total. The zero-order valence-corrected chi connectivity index (χ0v) is 18.0. The molecule has 0 bridgehead atoms. The molecule has 0 radical (unpaired) electrons. The average molecular weight is 438 g/mol. The number of ether oxygens (including phenoxy) is 1. The van der Waals surface area contributed by atoms with Gasteiger partial charge in [-0.15, -0.1) is 0 Å². The van der Waals surface area contributed by atoms with Crippen molar-refractivity contribution in [2.75, 3.05) is 13.2 Å². The lowest BCUT2D eigenvalue weighted by Crippen LogP contribution is -2.28. The van der Waals surface area contributed by atoms with Crippen molar-refractivity contribution in [3.63, 3.8) is 0 Å². The van der Waals surface area contributed by atoms with E-state index in [0.717, 1.165) is 42.6 Å². The summed E-state index contributed by atoms with van der Waals surface area (Å²) in [5.41, 5.74) is 3.35. The van der Waals surface area contributed by atoms with Gasteiger partial charge in [-0.25, -0.2) is 9.18 Å². The maximum Gasteiger partial charge on any atom is 0.331 e. The Labute approximate surface area is 186 Å². The predicted octanol–water partition coefficient (Wildman–Crippen LogP) is 3.50. The minimum absolute atomic E-state index is 0.0233. The third-order valence-corrected chi connectivity index (χ3v) is 6.36. The summed E-state index contributed by atoms with van der Waals surface area (Å²) in [6, 6.07) is 13.4. The first-order valence-corrected chi connectivity index (χ1v) is 11.2. The molecule has 1 aliphatic heterocycles. The van der Waals surface area contributed by atoms with Gasteiger partial charge in [-0.2, -0.15) is 0 Å². The number of rotatable bonds is 8. The van der Waals surface area contributed by atoms with E-state index in [1.54, 1.807) is 10.6 Å². The van der Waals surface area contributed by atoms with Gasteiger partial charge in [-0.3, -0.25) is 9.13 Å². The Kier molecular flexibility index (Phi) is 5.85. The van der Waals surface area contributed by atoms with Crippen molar-refractivity contribution < 1.29 is 14.2 Å². The highest BCUT2D eigenvalue weighted by Gasteiger charge is 2.24. The molecule has 1 saturated heterocycles. The van der Waals surface area contributed by atoms with Gasteiger partial charge in [0.15, 0.2) is 0 Å². The van der Waals surface area contributed by atoms with Crippen LogP contribution in [0.2, 0.25) is 0 Å². The Bertz CT molecular complexity index is 1140. The summed E-state index contributed by atoms with van der Waals surface area (Å²) in [7, 11) is 0. The van der Waals surface area contributed by atoms with E-state index < -0.39 is 0 Å². The Morgan fingerprint density at radius 3 is 2.59 bits per heavy atom. The number of imidazole rings is 1. The van der Waals surface area contributed by atoms with Crippen LogP contribution in [0.3, 0.4) is 0 Å². The molecule has 1 aliphatic carbocycles. The first-order chi connectivity index (χ1) is 15.6. The number of nitrogens with one attached hydrogen (secondary N) is 1. The molecule has 1 aromatic heterocycles. The van der Waals surface area contributed by atoms with Gasteiger partial charge < -0.3 is 15.2 Å². The third-order valence-electron chi connectivity index (χ3n) is 6.36. The van der Waals surface area contributed by atoms with Gasteiger partial charge in [-0.05, 0) is 54.0 Å². The van der Waals surface area contributed by atoms with Gasteiger partial charge in [0.2, 0.25) is 5.88 Å². The number of hydrogen-bond acceptors (Lipinski definition) is 4. The van der Waals surface area contributed by atoms with E-state index in [4.69, 9.17) is 4.74 Å². The molecule has 0 amide bonds. The summed E-state index contributed by atoms with van der Waals surface area (Å²) in [5, 5.41) is 13.5. The fourth-order valence-corrected chi connectivity index (χ4v) is 4.20. The van der Waals surface area contributed by atoms with E-state index in [0.29, 0.717) is 37.7 Å². The number of nitrogens with zero attached hydrogens (tertiary/aromatic N) is 2. The van der Waals surface area contributed by atoms with Gasteiger partial charge in [0.1, 0.15) is 5.82 Å². The van der Waals surface area contributed by atoms with Gasteiger partial charge >= 0.3 is 5.69 Å². The highest BCUT2D eigenvalue weighted by atomic mass is 19.1. The van der Waals surface area contributed by atoms with Gasteiger partial charge in [0.05, 0.1) is 19.3 Å². The third kappa shape index (κ3) is 4.64. The second-order valence-electron chi connectivity index (χ2n) is 8.90. The number of aromatic hydroxyl groups is 1. The minimum Gasteiger partial charge on any atom is -0.493 e. The Morgan fingerprint density at radius 2 is 1.88 bits per heavy atom. The minimum atomic E-state index is -0.216. The lowest BCUT2D eigenvalue weighted by molar-refractivity contribution is 0.189. The van der Waals surface area contributed by atoms with Crippen molar-refractivity contribution in [3.05, 3.63) is 76.1 Å². The number of benzene rings is 2. The maximum atomic E-state index is 14.3. The monoisotopic (exact) mass is 437 g/mol. The van der Waals surface area contributed by atoms with E-state index in [1.807, 2.05) is 30.3 Å². The SMILES string of the molecule is O=c1n(Cc2ccc(-c3ccc(F)c(CNC4CCOC4)c3)cc2)cc(O)n1CC1CC1. The first kappa shape index (κ1) is 21.0. The van der Waals surface area contributed by atoms with Crippen LogP contribution in [0.4, 0.5) is 4.39 Å². The van der Waals surface area contributed by atoms with E-state index in [1.165, 1.54) is 16.8 Å². The fraction of sp³-hybridized carbons (Fsp3) is 0.400. The molecule has 1 saturated carbocycles. The zero-order valence-electron chi connectivity index (χ0n) is 18.0.